The van der Waals surface area contributed by atoms with Gasteiger partial charge in [0.05, 0.1) is 12.2 Å². The molecule has 1 amide bonds. The van der Waals surface area contributed by atoms with E-state index in [1.165, 1.54) is 6.20 Å². The van der Waals surface area contributed by atoms with Crippen LogP contribution < -0.4 is 5.32 Å². The van der Waals surface area contributed by atoms with Gasteiger partial charge in [-0.1, -0.05) is 40.9 Å². The van der Waals surface area contributed by atoms with E-state index in [1.807, 2.05) is 0 Å². The molecule has 0 aliphatic carbocycles. The molecule has 4 rings (SSSR count). The third-order valence-corrected chi connectivity index (χ3v) is 6.16. The van der Waals surface area contributed by atoms with E-state index in [-0.39, 0.29) is 23.7 Å². The first-order valence-electron chi connectivity index (χ1n) is 9.80. The van der Waals surface area contributed by atoms with Crippen molar-refractivity contribution in [3.05, 3.63) is 46.1 Å². The summed E-state index contributed by atoms with van der Waals surface area (Å²) in [6.45, 7) is 1.25. The second-order valence-corrected chi connectivity index (χ2v) is 8.52. The molecule has 1 fully saturated rings. The Morgan fingerprint density at radius 1 is 1.10 bits per heavy atom. The monoisotopic (exact) mass is 470 g/mol. The van der Waals surface area contributed by atoms with Crippen LogP contribution in [0.4, 0.5) is 19.0 Å². The number of carbonyl (C=O) groups is 1. The third kappa shape index (κ3) is 4.15. The maximum atomic E-state index is 13.8. The molecule has 9 heteroatoms. The van der Waals surface area contributed by atoms with Crippen LogP contribution in [0.3, 0.4) is 0 Å². The molecule has 1 aromatic heterocycles. The summed E-state index contributed by atoms with van der Waals surface area (Å²) in [5, 5.41) is 7.12. The van der Waals surface area contributed by atoms with Gasteiger partial charge in [-0.2, -0.15) is 18.3 Å². The number of amides is 1. The first kappa shape index (κ1) is 20.3. The van der Waals surface area contributed by atoms with Gasteiger partial charge in [0, 0.05) is 24.0 Å². The Kier molecular flexibility index (Phi) is 5.59. The van der Waals surface area contributed by atoms with E-state index in [0.717, 1.165) is 40.4 Å². The van der Waals surface area contributed by atoms with Gasteiger partial charge in [0.1, 0.15) is 11.4 Å². The van der Waals surface area contributed by atoms with Crippen LogP contribution >= 0.6 is 15.9 Å². The largest absolute Gasteiger partial charge is 0.410 e. The molecule has 156 valence electrons. The van der Waals surface area contributed by atoms with Gasteiger partial charge in [-0.3, -0.25) is 4.79 Å². The van der Waals surface area contributed by atoms with E-state index >= 15 is 0 Å². The maximum absolute atomic E-state index is 13.8. The predicted molar refractivity (Wildman–Crippen MR) is 107 cm³/mol. The highest BCUT2D eigenvalue weighted by Gasteiger charge is 2.47. The van der Waals surface area contributed by atoms with Crippen LogP contribution in [0.2, 0.25) is 0 Å². The lowest BCUT2D eigenvalue weighted by atomic mass is 9.96. The van der Waals surface area contributed by atoms with E-state index < -0.39 is 18.3 Å². The van der Waals surface area contributed by atoms with E-state index in [2.05, 4.69) is 26.3 Å². The number of nitrogens with zero attached hydrogens (tertiary/aromatic N) is 3. The summed E-state index contributed by atoms with van der Waals surface area (Å²) in [6, 6.07) is 4.84. The predicted octanol–water partition coefficient (Wildman–Crippen LogP) is 5.32. The van der Waals surface area contributed by atoms with Gasteiger partial charge in [-0.15, -0.1) is 0 Å². The fourth-order valence-electron chi connectivity index (χ4n) is 4.08. The zero-order chi connectivity index (χ0) is 20.6. The SMILES string of the molecule is O=C(c1cnn2c1N[C@@H](c1ccc(Br)cc1)C[C@H]2C(F)(F)F)N1CCCCCC1. The molecule has 0 unspecified atom stereocenters. The first-order valence-corrected chi connectivity index (χ1v) is 10.6. The zero-order valence-electron chi connectivity index (χ0n) is 15.8. The highest BCUT2D eigenvalue weighted by molar-refractivity contribution is 9.10. The molecule has 0 bridgehead atoms. The topological polar surface area (TPSA) is 50.2 Å². The highest BCUT2D eigenvalue weighted by Crippen LogP contribution is 2.44. The standard InChI is InChI=1S/C20H22BrF3N4O/c21-14-7-5-13(6-8-14)16-11-17(20(22,23)24)28-18(26-16)15(12-25-28)19(29)27-9-3-1-2-4-10-27/h5-8,12,16-17,26H,1-4,9-11H2/t16-,17+/m1/s1. The van der Waals surface area contributed by atoms with Crippen LogP contribution in [0.1, 0.15) is 60.1 Å². The Morgan fingerprint density at radius 3 is 2.38 bits per heavy atom. The van der Waals surface area contributed by atoms with Crippen LogP contribution in [0.15, 0.2) is 34.9 Å². The fraction of sp³-hybridized carbons (Fsp3) is 0.500. The maximum Gasteiger partial charge on any atom is 0.410 e. The van der Waals surface area contributed by atoms with E-state index in [0.29, 0.717) is 13.1 Å². The lowest BCUT2D eigenvalue weighted by Crippen LogP contribution is -2.37. The Hall–Kier alpha value is -2.03. The molecule has 2 aliphatic heterocycles. The lowest BCUT2D eigenvalue weighted by molar-refractivity contribution is -0.173. The molecule has 3 heterocycles. The van der Waals surface area contributed by atoms with Gasteiger partial charge < -0.3 is 10.2 Å². The summed E-state index contributed by atoms with van der Waals surface area (Å²) in [5.41, 5.74) is 0.950. The summed E-state index contributed by atoms with van der Waals surface area (Å²) in [5.74, 6) is -0.0984. The average molecular weight is 471 g/mol. The van der Waals surface area contributed by atoms with E-state index in [4.69, 9.17) is 0 Å². The molecule has 1 N–H and O–H groups in total. The number of rotatable bonds is 2. The highest BCUT2D eigenvalue weighted by atomic mass is 79.9. The normalized spacial score (nSPS) is 22.6. The Morgan fingerprint density at radius 2 is 1.76 bits per heavy atom. The van der Waals surface area contributed by atoms with Crippen LogP contribution in [0.5, 0.6) is 0 Å². The van der Waals surface area contributed by atoms with Crippen LogP contribution in [-0.4, -0.2) is 39.9 Å². The molecule has 2 aliphatic rings. The van der Waals surface area contributed by atoms with Gasteiger partial charge in [0.2, 0.25) is 0 Å². The summed E-state index contributed by atoms with van der Waals surface area (Å²) in [6.07, 6.45) is 0.589. The molecule has 5 nitrogen and oxygen atoms in total. The number of likely N-dealkylation sites (tertiary alicyclic amines) is 1. The van der Waals surface area contributed by atoms with E-state index in [1.54, 1.807) is 29.2 Å². The van der Waals surface area contributed by atoms with Gasteiger partial charge in [0.25, 0.3) is 5.91 Å². The summed E-state index contributed by atoms with van der Waals surface area (Å²) in [4.78, 5) is 14.8. The van der Waals surface area contributed by atoms with Gasteiger partial charge in [-0.25, -0.2) is 4.68 Å². The number of fused-ring (bicyclic) bond motifs is 1. The molecule has 1 saturated heterocycles. The number of anilines is 1. The number of alkyl halides is 3. The second kappa shape index (κ2) is 8.01. The van der Waals surface area contributed by atoms with Crippen molar-refractivity contribution in [1.82, 2.24) is 14.7 Å². The lowest BCUT2D eigenvalue weighted by Gasteiger charge is -2.34. The van der Waals surface area contributed by atoms with Crippen molar-refractivity contribution < 1.29 is 18.0 Å². The van der Waals surface area contributed by atoms with Gasteiger partial charge in [0.15, 0.2) is 6.04 Å². The molecule has 2 atom stereocenters. The minimum Gasteiger partial charge on any atom is -0.363 e. The van der Waals surface area contributed by atoms with Crippen LogP contribution in [0.25, 0.3) is 0 Å². The molecule has 0 spiro atoms. The van der Waals surface area contributed by atoms with Crippen molar-refractivity contribution in [3.8, 4) is 0 Å². The van der Waals surface area contributed by atoms with Crippen LogP contribution in [0, 0.1) is 0 Å². The summed E-state index contributed by atoms with van der Waals surface area (Å²) < 4.78 is 43.2. The average Bonchev–Trinajstić information content (AvgIpc) is 2.92. The van der Waals surface area contributed by atoms with Crippen LogP contribution in [-0.2, 0) is 0 Å². The number of hydrogen-bond acceptors (Lipinski definition) is 3. The number of aromatic nitrogens is 2. The van der Waals surface area contributed by atoms with Crippen molar-refractivity contribution in [2.45, 2.75) is 50.4 Å². The van der Waals surface area contributed by atoms with Crippen molar-refractivity contribution in [3.63, 3.8) is 0 Å². The number of benzene rings is 1. The molecule has 2 aromatic rings. The van der Waals surface area contributed by atoms with Crippen molar-refractivity contribution >= 4 is 27.7 Å². The molecule has 29 heavy (non-hydrogen) atoms. The Bertz CT molecular complexity index is 873. The number of halogens is 4. The smallest absolute Gasteiger partial charge is 0.363 e. The molecular formula is C20H22BrF3N4O. The van der Waals surface area contributed by atoms with Crippen molar-refractivity contribution in [1.29, 1.82) is 0 Å². The summed E-state index contributed by atoms with van der Waals surface area (Å²) in [7, 11) is 0. The zero-order valence-corrected chi connectivity index (χ0v) is 17.3. The Balaban J connectivity index is 1.69. The van der Waals surface area contributed by atoms with Crippen molar-refractivity contribution in [2.24, 2.45) is 0 Å². The summed E-state index contributed by atoms with van der Waals surface area (Å²) >= 11 is 3.35. The molecule has 1 aromatic carbocycles. The van der Waals surface area contributed by atoms with Gasteiger partial charge in [-0.05, 0) is 30.5 Å². The second-order valence-electron chi connectivity index (χ2n) is 7.60. The molecule has 0 radical (unpaired) electrons. The third-order valence-electron chi connectivity index (χ3n) is 5.63. The van der Waals surface area contributed by atoms with E-state index in [9.17, 15) is 18.0 Å². The molecule has 0 saturated carbocycles. The van der Waals surface area contributed by atoms with Gasteiger partial charge >= 0.3 is 6.18 Å². The molecular weight excluding hydrogens is 449 g/mol. The minimum atomic E-state index is -4.46. The Labute approximate surface area is 175 Å². The number of hydrogen-bond donors (Lipinski definition) is 1. The minimum absolute atomic E-state index is 0.153. The fourth-order valence-corrected chi connectivity index (χ4v) is 4.34. The first-order chi connectivity index (χ1) is 13.8. The van der Waals surface area contributed by atoms with Crippen molar-refractivity contribution in [2.75, 3.05) is 18.4 Å². The quantitative estimate of drug-likeness (QED) is 0.645. The number of carbonyl (C=O) groups excluding carboxylic acids is 1. The number of nitrogens with one attached hydrogen (secondary N) is 1.